The van der Waals surface area contributed by atoms with Crippen LogP contribution in [0, 0.1) is 46.4 Å². The van der Waals surface area contributed by atoms with Gasteiger partial charge in [-0.2, -0.15) is 5.26 Å². The van der Waals surface area contributed by atoms with Gasteiger partial charge >= 0.3 is 0 Å². The van der Waals surface area contributed by atoms with E-state index in [1.165, 1.54) is 62.4 Å². The predicted octanol–water partition coefficient (Wildman–Crippen LogP) is 9.32. The molecule has 0 aromatic heterocycles. The molecule has 0 spiro atoms. The molecule has 0 bridgehead atoms. The zero-order valence-corrected chi connectivity index (χ0v) is 20.6. The first-order valence-corrected chi connectivity index (χ1v) is 13.5. The van der Waals surface area contributed by atoms with Gasteiger partial charge in [0.05, 0.1) is 0 Å². The number of rotatable bonds is 4. The highest BCUT2D eigenvalue weighted by Crippen LogP contribution is 2.44. The third-order valence-corrected chi connectivity index (χ3v) is 9.00. The third-order valence-electron chi connectivity index (χ3n) is 9.00. The Kier molecular flexibility index (Phi) is 7.51. The molecule has 1 unspecified atom stereocenters. The molecule has 5 heteroatoms. The van der Waals surface area contributed by atoms with Crippen LogP contribution in [0.25, 0.3) is 5.57 Å². The average molecular weight is 496 g/mol. The van der Waals surface area contributed by atoms with E-state index in [9.17, 15) is 8.78 Å². The molecule has 2 aromatic rings. The Morgan fingerprint density at radius 1 is 0.639 bits per heavy atom. The lowest BCUT2D eigenvalue weighted by atomic mass is 9.70. The van der Waals surface area contributed by atoms with Crippen LogP contribution in [0.2, 0.25) is 0 Å². The smallest absolute Gasteiger partial charge is 0.144 e. The first kappa shape index (κ1) is 25.1. The molecule has 0 radical (unpaired) electrons. The SMILES string of the molecule is N#Cc1c(F)cc(C2CC=C(c3c(F)cc(C4CCC(C5CCCCC5)CC4)cc3F)CC2)cc1F. The van der Waals surface area contributed by atoms with Crippen molar-refractivity contribution in [2.24, 2.45) is 11.8 Å². The van der Waals surface area contributed by atoms with Gasteiger partial charge in [0.25, 0.3) is 0 Å². The van der Waals surface area contributed by atoms with Gasteiger partial charge < -0.3 is 0 Å². The molecule has 0 amide bonds. The minimum absolute atomic E-state index is 0.0327. The number of allylic oxidation sites excluding steroid dienone is 2. The summed E-state index contributed by atoms with van der Waals surface area (Å²) < 4.78 is 58.5. The Morgan fingerprint density at radius 2 is 1.19 bits per heavy atom. The van der Waals surface area contributed by atoms with Crippen LogP contribution in [0.5, 0.6) is 0 Å². The highest BCUT2D eigenvalue weighted by Gasteiger charge is 2.30. The molecule has 0 aliphatic heterocycles. The summed E-state index contributed by atoms with van der Waals surface area (Å²) >= 11 is 0. The molecule has 1 nitrogen and oxygen atoms in total. The van der Waals surface area contributed by atoms with E-state index in [1.54, 1.807) is 6.08 Å². The minimum atomic E-state index is -0.872. The standard InChI is InChI=1S/C31H33F4N/c32-27-14-24(15-28(33)26(27)18-36)22-10-12-23(13-11-22)31-29(34)16-25(17-30(31)35)21-8-6-20(7-9-21)19-4-2-1-3-5-19/h12,14-17,19-22H,1-11,13H2. The van der Waals surface area contributed by atoms with E-state index in [0.29, 0.717) is 30.4 Å². The molecule has 0 N–H and O–H groups in total. The predicted molar refractivity (Wildman–Crippen MR) is 133 cm³/mol. The van der Waals surface area contributed by atoms with Crippen LogP contribution >= 0.6 is 0 Å². The van der Waals surface area contributed by atoms with Crippen molar-refractivity contribution in [2.45, 2.75) is 88.9 Å². The van der Waals surface area contributed by atoms with Crippen molar-refractivity contribution in [3.8, 4) is 6.07 Å². The Hall–Kier alpha value is -2.61. The molecule has 36 heavy (non-hydrogen) atoms. The molecule has 3 aliphatic rings. The number of hydrogen-bond donors (Lipinski definition) is 0. The van der Waals surface area contributed by atoms with Crippen molar-refractivity contribution in [1.29, 1.82) is 5.26 Å². The number of halogens is 4. The Morgan fingerprint density at radius 3 is 1.75 bits per heavy atom. The molecular formula is C31H33F4N. The number of nitriles is 1. The van der Waals surface area contributed by atoms with Gasteiger partial charge in [-0.15, -0.1) is 0 Å². The van der Waals surface area contributed by atoms with E-state index in [1.807, 2.05) is 0 Å². The third kappa shape index (κ3) is 5.10. The molecule has 0 saturated heterocycles. The summed E-state index contributed by atoms with van der Waals surface area (Å²) in [5.41, 5.74) is 1.30. The van der Waals surface area contributed by atoms with Gasteiger partial charge in [-0.3, -0.25) is 0 Å². The van der Waals surface area contributed by atoms with Crippen LogP contribution < -0.4 is 0 Å². The van der Waals surface area contributed by atoms with Gasteiger partial charge in [-0.1, -0.05) is 38.2 Å². The lowest BCUT2D eigenvalue weighted by molar-refractivity contribution is 0.186. The fourth-order valence-electron chi connectivity index (χ4n) is 6.96. The van der Waals surface area contributed by atoms with E-state index in [4.69, 9.17) is 5.26 Å². The van der Waals surface area contributed by atoms with E-state index in [2.05, 4.69) is 0 Å². The first-order chi connectivity index (χ1) is 17.4. The molecule has 0 heterocycles. The number of nitrogens with zero attached hydrogens (tertiary/aromatic N) is 1. The van der Waals surface area contributed by atoms with Crippen molar-refractivity contribution >= 4 is 5.57 Å². The second kappa shape index (κ2) is 10.8. The fourth-order valence-corrected chi connectivity index (χ4v) is 6.96. The van der Waals surface area contributed by atoms with Crippen LogP contribution in [-0.4, -0.2) is 0 Å². The molecule has 190 valence electrons. The minimum Gasteiger partial charge on any atom is -0.206 e. The van der Waals surface area contributed by atoms with Gasteiger partial charge in [0.15, 0.2) is 0 Å². The summed E-state index contributed by atoms with van der Waals surface area (Å²) in [6, 6.07) is 6.99. The van der Waals surface area contributed by atoms with Crippen molar-refractivity contribution in [2.75, 3.05) is 0 Å². The van der Waals surface area contributed by atoms with Crippen LogP contribution in [0.15, 0.2) is 30.3 Å². The molecule has 2 aromatic carbocycles. The quantitative estimate of drug-likeness (QED) is 0.388. The van der Waals surface area contributed by atoms with Crippen LogP contribution in [0.4, 0.5) is 17.6 Å². The lowest BCUT2D eigenvalue weighted by Crippen LogP contribution is -2.23. The van der Waals surface area contributed by atoms with Crippen molar-refractivity contribution in [3.05, 3.63) is 75.9 Å². The Bertz CT molecular complexity index is 1130. The second-order valence-electron chi connectivity index (χ2n) is 11.0. The zero-order chi connectivity index (χ0) is 25.2. The zero-order valence-electron chi connectivity index (χ0n) is 20.6. The Labute approximate surface area is 211 Å². The number of benzene rings is 2. The summed E-state index contributed by atoms with van der Waals surface area (Å²) in [5.74, 6) is -1.10. The Balaban J connectivity index is 1.27. The fraction of sp³-hybridized carbons (Fsp3) is 0.516. The molecule has 2 fully saturated rings. The monoisotopic (exact) mass is 495 g/mol. The van der Waals surface area contributed by atoms with Crippen LogP contribution in [0.3, 0.4) is 0 Å². The summed E-state index contributed by atoms with van der Waals surface area (Å²) in [6.07, 6.45) is 14.2. The topological polar surface area (TPSA) is 23.8 Å². The summed E-state index contributed by atoms with van der Waals surface area (Å²) in [7, 11) is 0. The maximum atomic E-state index is 15.2. The maximum Gasteiger partial charge on any atom is 0.144 e. The van der Waals surface area contributed by atoms with E-state index in [-0.39, 0.29) is 17.4 Å². The molecule has 5 rings (SSSR count). The van der Waals surface area contributed by atoms with Crippen molar-refractivity contribution in [1.82, 2.24) is 0 Å². The average Bonchev–Trinajstić information content (AvgIpc) is 2.89. The first-order valence-electron chi connectivity index (χ1n) is 13.5. The largest absolute Gasteiger partial charge is 0.206 e. The van der Waals surface area contributed by atoms with Crippen molar-refractivity contribution in [3.63, 3.8) is 0 Å². The summed E-state index contributed by atoms with van der Waals surface area (Å²) in [6.45, 7) is 0. The van der Waals surface area contributed by atoms with Crippen molar-refractivity contribution < 1.29 is 17.6 Å². The van der Waals surface area contributed by atoms with Crippen LogP contribution in [0.1, 0.15) is 111 Å². The highest BCUT2D eigenvalue weighted by atomic mass is 19.1. The van der Waals surface area contributed by atoms with Gasteiger partial charge in [-0.05, 0) is 110 Å². The summed E-state index contributed by atoms with van der Waals surface area (Å²) in [5, 5.41) is 8.87. The van der Waals surface area contributed by atoms with Gasteiger partial charge in [0.1, 0.15) is 34.9 Å². The van der Waals surface area contributed by atoms with E-state index < -0.39 is 28.8 Å². The van der Waals surface area contributed by atoms with Gasteiger partial charge in [0, 0.05) is 5.56 Å². The lowest BCUT2D eigenvalue weighted by Gasteiger charge is -2.36. The van der Waals surface area contributed by atoms with E-state index in [0.717, 1.165) is 43.1 Å². The normalized spacial score (nSPS) is 25.3. The second-order valence-corrected chi connectivity index (χ2v) is 11.0. The molecule has 3 aliphatic carbocycles. The van der Waals surface area contributed by atoms with Gasteiger partial charge in [0.2, 0.25) is 0 Å². The maximum absolute atomic E-state index is 15.2. The molecule has 2 saturated carbocycles. The highest BCUT2D eigenvalue weighted by molar-refractivity contribution is 5.68. The molecule has 1 atom stereocenters. The number of hydrogen-bond acceptors (Lipinski definition) is 1. The summed E-state index contributed by atoms with van der Waals surface area (Å²) in [4.78, 5) is 0. The molecular weight excluding hydrogens is 462 g/mol. The van der Waals surface area contributed by atoms with E-state index >= 15 is 8.78 Å². The van der Waals surface area contributed by atoms with Gasteiger partial charge in [-0.25, -0.2) is 17.6 Å². The van der Waals surface area contributed by atoms with Crippen LogP contribution in [-0.2, 0) is 0 Å².